The van der Waals surface area contributed by atoms with E-state index in [4.69, 9.17) is 16.3 Å². The van der Waals surface area contributed by atoms with E-state index in [1.54, 1.807) is 32.9 Å². The standard InChI is InChI=1S/C11H15ClN4O3/c1-11(2,3)19-10(18)16-15-9(17)14-7-5-4-6-13-8(7)12/h4-6H,1-3H3,(H,16,18)(H2,14,15,17). The Bertz CT molecular complexity index is 473. The first-order valence-electron chi connectivity index (χ1n) is 5.44. The Morgan fingerprint density at radius 2 is 2.00 bits per heavy atom. The summed E-state index contributed by atoms with van der Waals surface area (Å²) < 4.78 is 4.93. The zero-order chi connectivity index (χ0) is 14.5. The fraction of sp³-hybridized carbons (Fsp3) is 0.364. The molecule has 0 bridgehead atoms. The summed E-state index contributed by atoms with van der Waals surface area (Å²) in [5.41, 5.74) is 3.89. The zero-order valence-electron chi connectivity index (χ0n) is 10.8. The maximum atomic E-state index is 11.5. The summed E-state index contributed by atoms with van der Waals surface area (Å²) in [4.78, 5) is 26.5. The van der Waals surface area contributed by atoms with Gasteiger partial charge in [0.2, 0.25) is 0 Å². The van der Waals surface area contributed by atoms with Crippen molar-refractivity contribution in [2.45, 2.75) is 26.4 Å². The Morgan fingerprint density at radius 3 is 2.58 bits per heavy atom. The zero-order valence-corrected chi connectivity index (χ0v) is 11.5. The topological polar surface area (TPSA) is 92.4 Å². The van der Waals surface area contributed by atoms with Gasteiger partial charge in [-0.1, -0.05) is 11.6 Å². The minimum Gasteiger partial charge on any atom is -0.443 e. The van der Waals surface area contributed by atoms with Crippen LogP contribution in [0.4, 0.5) is 15.3 Å². The first kappa shape index (κ1) is 15.0. The molecule has 19 heavy (non-hydrogen) atoms. The highest BCUT2D eigenvalue weighted by Crippen LogP contribution is 2.16. The first-order chi connectivity index (χ1) is 8.78. The molecule has 3 amide bonds. The molecule has 0 aromatic carbocycles. The number of aromatic nitrogens is 1. The van der Waals surface area contributed by atoms with Crippen LogP contribution in [-0.2, 0) is 4.74 Å². The smallest absolute Gasteiger partial charge is 0.426 e. The van der Waals surface area contributed by atoms with E-state index < -0.39 is 17.7 Å². The number of anilines is 1. The molecule has 0 saturated carbocycles. The second kappa shape index (κ2) is 6.24. The fourth-order valence-corrected chi connectivity index (χ4v) is 1.21. The number of nitrogens with zero attached hydrogens (tertiary/aromatic N) is 1. The number of pyridine rings is 1. The number of halogens is 1. The van der Waals surface area contributed by atoms with Crippen molar-refractivity contribution < 1.29 is 14.3 Å². The number of ether oxygens (including phenoxy) is 1. The van der Waals surface area contributed by atoms with Gasteiger partial charge in [0.1, 0.15) is 5.60 Å². The van der Waals surface area contributed by atoms with Crippen LogP contribution in [0.2, 0.25) is 5.15 Å². The SMILES string of the molecule is CC(C)(C)OC(=O)NNC(=O)Nc1cccnc1Cl. The van der Waals surface area contributed by atoms with Crippen LogP contribution in [0.3, 0.4) is 0 Å². The first-order valence-corrected chi connectivity index (χ1v) is 5.82. The Kier molecular flexibility index (Phi) is 4.94. The molecule has 0 saturated heterocycles. The third-order valence-electron chi connectivity index (χ3n) is 1.68. The number of urea groups is 1. The van der Waals surface area contributed by atoms with Crippen molar-refractivity contribution in [3.05, 3.63) is 23.5 Å². The van der Waals surface area contributed by atoms with E-state index in [9.17, 15) is 9.59 Å². The molecule has 0 aliphatic heterocycles. The second-order valence-electron chi connectivity index (χ2n) is 4.55. The maximum Gasteiger partial charge on any atom is 0.426 e. The van der Waals surface area contributed by atoms with Crippen LogP contribution in [0.1, 0.15) is 20.8 Å². The van der Waals surface area contributed by atoms with E-state index in [-0.39, 0.29) is 5.15 Å². The average Bonchev–Trinajstić information content (AvgIpc) is 2.27. The highest BCUT2D eigenvalue weighted by atomic mass is 35.5. The van der Waals surface area contributed by atoms with Gasteiger partial charge in [0.25, 0.3) is 0 Å². The lowest BCUT2D eigenvalue weighted by molar-refractivity contribution is 0.0506. The van der Waals surface area contributed by atoms with Crippen LogP contribution in [0.5, 0.6) is 0 Å². The number of hydrogen-bond donors (Lipinski definition) is 3. The van der Waals surface area contributed by atoms with Crippen LogP contribution in [0, 0.1) is 0 Å². The summed E-state index contributed by atoms with van der Waals surface area (Å²) in [6.07, 6.45) is 0.726. The molecule has 8 heteroatoms. The van der Waals surface area contributed by atoms with Crippen molar-refractivity contribution in [3.8, 4) is 0 Å². The van der Waals surface area contributed by atoms with Crippen molar-refractivity contribution in [2.75, 3.05) is 5.32 Å². The van der Waals surface area contributed by atoms with Crippen LogP contribution in [0.15, 0.2) is 18.3 Å². The van der Waals surface area contributed by atoms with Gasteiger partial charge in [0.15, 0.2) is 5.15 Å². The Balaban J connectivity index is 2.41. The molecule has 0 aliphatic carbocycles. The maximum absolute atomic E-state index is 11.5. The minimum absolute atomic E-state index is 0.148. The molecule has 0 fully saturated rings. The third kappa shape index (κ3) is 5.91. The van der Waals surface area contributed by atoms with Gasteiger partial charge in [-0.3, -0.25) is 0 Å². The van der Waals surface area contributed by atoms with Crippen molar-refractivity contribution >= 4 is 29.4 Å². The summed E-state index contributed by atoms with van der Waals surface area (Å²) in [5.74, 6) is 0. The predicted molar refractivity (Wildman–Crippen MR) is 70.8 cm³/mol. The highest BCUT2D eigenvalue weighted by Gasteiger charge is 2.16. The van der Waals surface area contributed by atoms with Crippen molar-refractivity contribution in [3.63, 3.8) is 0 Å². The van der Waals surface area contributed by atoms with Gasteiger partial charge in [-0.05, 0) is 32.9 Å². The average molecular weight is 287 g/mol. The van der Waals surface area contributed by atoms with Crippen LogP contribution >= 0.6 is 11.6 Å². The third-order valence-corrected chi connectivity index (χ3v) is 1.99. The molecule has 1 aromatic rings. The summed E-state index contributed by atoms with van der Waals surface area (Å²) in [7, 11) is 0. The van der Waals surface area contributed by atoms with Crippen LogP contribution in [-0.4, -0.2) is 22.7 Å². The van der Waals surface area contributed by atoms with Crippen LogP contribution < -0.4 is 16.2 Å². The van der Waals surface area contributed by atoms with E-state index >= 15 is 0 Å². The summed E-state index contributed by atoms with van der Waals surface area (Å²) in [6, 6.07) is 2.52. The number of amides is 3. The van der Waals surface area contributed by atoms with E-state index in [2.05, 4.69) is 21.2 Å². The van der Waals surface area contributed by atoms with E-state index in [1.165, 1.54) is 6.20 Å². The van der Waals surface area contributed by atoms with E-state index in [0.717, 1.165) is 0 Å². The molecular formula is C11H15ClN4O3. The fourth-order valence-electron chi connectivity index (χ4n) is 1.04. The molecule has 7 nitrogen and oxygen atoms in total. The molecule has 0 radical (unpaired) electrons. The predicted octanol–water partition coefficient (Wildman–Crippen LogP) is 2.30. The minimum atomic E-state index is -0.764. The molecule has 3 N–H and O–H groups in total. The van der Waals surface area contributed by atoms with Gasteiger partial charge in [-0.2, -0.15) is 0 Å². The van der Waals surface area contributed by atoms with E-state index in [1.807, 2.05) is 0 Å². The Labute approximate surface area is 115 Å². The summed E-state index contributed by atoms with van der Waals surface area (Å²) in [6.45, 7) is 5.13. The number of hydrazine groups is 1. The molecule has 1 aromatic heterocycles. The number of carbonyl (C=O) groups excluding carboxylic acids is 2. The van der Waals surface area contributed by atoms with Crippen LogP contribution in [0.25, 0.3) is 0 Å². The molecule has 0 spiro atoms. The number of rotatable bonds is 1. The quantitative estimate of drug-likeness (QED) is 0.545. The molecule has 1 rings (SSSR count). The molecular weight excluding hydrogens is 272 g/mol. The van der Waals surface area contributed by atoms with Gasteiger partial charge < -0.3 is 10.1 Å². The lowest BCUT2D eigenvalue weighted by Crippen LogP contribution is -2.46. The normalized spacial score (nSPS) is 10.5. The number of carbonyl (C=O) groups is 2. The Morgan fingerprint density at radius 1 is 1.32 bits per heavy atom. The summed E-state index contributed by atoms with van der Waals surface area (Å²) in [5, 5.41) is 2.56. The van der Waals surface area contributed by atoms with Gasteiger partial charge in [-0.25, -0.2) is 25.4 Å². The Hall–Kier alpha value is -2.02. The lowest BCUT2D eigenvalue weighted by Gasteiger charge is -2.19. The van der Waals surface area contributed by atoms with Crippen molar-refractivity contribution in [2.24, 2.45) is 0 Å². The van der Waals surface area contributed by atoms with E-state index in [0.29, 0.717) is 5.69 Å². The molecule has 1 heterocycles. The van der Waals surface area contributed by atoms with Crippen molar-refractivity contribution in [1.82, 2.24) is 15.8 Å². The monoisotopic (exact) mass is 286 g/mol. The van der Waals surface area contributed by atoms with Gasteiger partial charge in [0.05, 0.1) is 5.69 Å². The summed E-state index contributed by atoms with van der Waals surface area (Å²) >= 11 is 5.75. The molecule has 0 atom stereocenters. The highest BCUT2D eigenvalue weighted by molar-refractivity contribution is 6.32. The number of hydrogen-bond acceptors (Lipinski definition) is 4. The van der Waals surface area contributed by atoms with Crippen molar-refractivity contribution in [1.29, 1.82) is 0 Å². The lowest BCUT2D eigenvalue weighted by atomic mass is 10.2. The molecule has 0 aliphatic rings. The van der Waals surface area contributed by atoms with Gasteiger partial charge >= 0.3 is 12.1 Å². The second-order valence-corrected chi connectivity index (χ2v) is 4.91. The molecule has 0 unspecified atom stereocenters. The molecule has 104 valence electrons. The largest absolute Gasteiger partial charge is 0.443 e. The number of nitrogens with one attached hydrogen (secondary N) is 3. The van der Waals surface area contributed by atoms with Gasteiger partial charge in [-0.15, -0.1) is 0 Å². The van der Waals surface area contributed by atoms with Gasteiger partial charge in [0, 0.05) is 6.20 Å².